The topological polar surface area (TPSA) is 80.5 Å². The number of rotatable bonds is 6. The Bertz CT molecular complexity index is 1420. The van der Waals surface area contributed by atoms with Gasteiger partial charge < -0.3 is 14.6 Å². The number of benzene rings is 3. The van der Waals surface area contributed by atoms with Crippen LogP contribution in [0.2, 0.25) is 0 Å². The summed E-state index contributed by atoms with van der Waals surface area (Å²) in [6.07, 6.45) is 0. The first kappa shape index (κ1) is 23.4. The van der Waals surface area contributed by atoms with Gasteiger partial charge in [0.15, 0.2) is 0 Å². The largest absolute Gasteiger partial charge is 0.497 e. The highest BCUT2D eigenvalue weighted by Crippen LogP contribution is 2.38. The quantitative estimate of drug-likeness (QED) is 0.363. The van der Waals surface area contributed by atoms with Crippen molar-refractivity contribution in [2.24, 2.45) is 0 Å². The number of ether oxygens (including phenoxy) is 1. The number of nitrogens with one attached hydrogen (secondary N) is 1. The molecule has 0 fully saturated rings. The molecule has 1 atom stereocenters. The Labute approximate surface area is 210 Å². The molecule has 7 heteroatoms. The van der Waals surface area contributed by atoms with Crippen LogP contribution in [0.5, 0.6) is 5.75 Å². The molecule has 4 aromatic rings. The summed E-state index contributed by atoms with van der Waals surface area (Å²) in [5, 5.41) is 7.41. The molecule has 1 N–H and O–H groups in total. The fourth-order valence-corrected chi connectivity index (χ4v) is 4.39. The van der Waals surface area contributed by atoms with Crippen molar-refractivity contribution in [3.05, 3.63) is 107 Å². The lowest BCUT2D eigenvalue weighted by molar-refractivity contribution is 0.203. The standard InChI is InChI=1S/C29H28N4O3/c1-18-10-13-23(16-19(18)2)26-25(28-31-27(32-36-28)22-8-6-5-7-9-22)20(3)33(29(34)30-26)17-21-11-14-24(35-4)15-12-21/h5-16,26H,17H2,1-4H3,(H,30,34). The fourth-order valence-electron chi connectivity index (χ4n) is 4.39. The molecule has 1 aliphatic heterocycles. The van der Waals surface area contributed by atoms with Gasteiger partial charge >= 0.3 is 6.03 Å². The number of urea groups is 1. The van der Waals surface area contributed by atoms with E-state index in [2.05, 4.69) is 36.5 Å². The summed E-state index contributed by atoms with van der Waals surface area (Å²) in [6.45, 7) is 6.46. The molecule has 2 heterocycles. The molecule has 7 nitrogen and oxygen atoms in total. The summed E-state index contributed by atoms with van der Waals surface area (Å²) in [5.41, 5.74) is 6.68. The lowest BCUT2D eigenvalue weighted by Gasteiger charge is -2.35. The molecule has 0 spiro atoms. The van der Waals surface area contributed by atoms with Crippen molar-refractivity contribution in [2.75, 3.05) is 7.11 Å². The van der Waals surface area contributed by atoms with Gasteiger partial charge in [-0.25, -0.2) is 4.79 Å². The van der Waals surface area contributed by atoms with Crippen molar-refractivity contribution in [1.29, 1.82) is 0 Å². The second-order valence-corrected chi connectivity index (χ2v) is 8.95. The molecule has 2 amide bonds. The Morgan fingerprint density at radius 2 is 1.72 bits per heavy atom. The molecular formula is C29H28N4O3. The zero-order chi connectivity index (χ0) is 25.2. The highest BCUT2D eigenvalue weighted by atomic mass is 16.5. The van der Waals surface area contributed by atoms with Crippen LogP contribution in [-0.4, -0.2) is 28.2 Å². The Balaban J connectivity index is 1.59. The third-order valence-corrected chi connectivity index (χ3v) is 6.65. The second-order valence-electron chi connectivity index (χ2n) is 8.95. The van der Waals surface area contributed by atoms with Crippen molar-refractivity contribution in [2.45, 2.75) is 33.4 Å². The van der Waals surface area contributed by atoms with Crippen molar-refractivity contribution < 1.29 is 14.1 Å². The van der Waals surface area contributed by atoms with Gasteiger partial charge in [0.05, 0.1) is 25.3 Å². The van der Waals surface area contributed by atoms with Crippen LogP contribution in [0.1, 0.15) is 41.1 Å². The molecule has 1 aromatic heterocycles. The normalized spacial score (nSPS) is 15.7. The number of carbonyl (C=O) groups excluding carboxylic acids is 1. The average molecular weight is 481 g/mol. The number of aryl methyl sites for hydroxylation is 2. The van der Waals surface area contributed by atoms with E-state index in [-0.39, 0.29) is 6.03 Å². The molecule has 0 bridgehead atoms. The number of amides is 2. The Morgan fingerprint density at radius 3 is 2.42 bits per heavy atom. The summed E-state index contributed by atoms with van der Waals surface area (Å²) in [4.78, 5) is 19.8. The van der Waals surface area contributed by atoms with Gasteiger partial charge in [0.1, 0.15) is 5.75 Å². The summed E-state index contributed by atoms with van der Waals surface area (Å²) < 4.78 is 11.1. The van der Waals surface area contributed by atoms with Crippen LogP contribution in [0.15, 0.2) is 83.0 Å². The molecule has 0 aliphatic carbocycles. The number of hydrogen-bond donors (Lipinski definition) is 1. The minimum atomic E-state index is -0.423. The van der Waals surface area contributed by atoms with Crippen molar-refractivity contribution in [3.8, 4) is 17.1 Å². The molecule has 1 unspecified atom stereocenters. The zero-order valence-electron chi connectivity index (χ0n) is 20.8. The molecule has 0 saturated carbocycles. The molecule has 182 valence electrons. The number of allylic oxidation sites excluding steroid dienone is 1. The molecule has 3 aromatic carbocycles. The van der Waals surface area contributed by atoms with E-state index >= 15 is 0 Å². The van der Waals surface area contributed by atoms with E-state index < -0.39 is 6.04 Å². The summed E-state index contributed by atoms with van der Waals surface area (Å²) in [6, 6.07) is 23.0. The van der Waals surface area contributed by atoms with Gasteiger partial charge in [-0.15, -0.1) is 0 Å². The predicted molar refractivity (Wildman–Crippen MR) is 138 cm³/mol. The first-order chi connectivity index (χ1) is 17.4. The van der Waals surface area contributed by atoms with Crippen LogP contribution in [0.25, 0.3) is 17.0 Å². The van der Waals surface area contributed by atoms with Crippen LogP contribution in [0, 0.1) is 13.8 Å². The highest BCUT2D eigenvalue weighted by molar-refractivity contribution is 5.87. The molecule has 36 heavy (non-hydrogen) atoms. The minimum Gasteiger partial charge on any atom is -0.497 e. The van der Waals surface area contributed by atoms with Crippen molar-refractivity contribution in [1.82, 2.24) is 20.4 Å². The van der Waals surface area contributed by atoms with Gasteiger partial charge in [-0.2, -0.15) is 4.98 Å². The predicted octanol–water partition coefficient (Wildman–Crippen LogP) is 6.06. The molecular weight excluding hydrogens is 452 g/mol. The van der Waals surface area contributed by atoms with Crippen molar-refractivity contribution in [3.63, 3.8) is 0 Å². The second kappa shape index (κ2) is 9.70. The molecule has 0 radical (unpaired) electrons. The van der Waals surface area contributed by atoms with Gasteiger partial charge in [-0.1, -0.05) is 65.8 Å². The van der Waals surface area contributed by atoms with Gasteiger partial charge in [0.2, 0.25) is 5.82 Å². The van der Waals surface area contributed by atoms with Crippen LogP contribution in [0.4, 0.5) is 4.79 Å². The Kier molecular flexibility index (Phi) is 6.29. The number of aromatic nitrogens is 2. The average Bonchev–Trinajstić information content (AvgIpc) is 3.38. The van der Waals surface area contributed by atoms with Crippen molar-refractivity contribution >= 4 is 11.6 Å². The van der Waals surface area contributed by atoms with Crippen LogP contribution in [-0.2, 0) is 6.54 Å². The SMILES string of the molecule is COc1ccc(CN2C(=O)NC(c3ccc(C)c(C)c3)C(c3nc(-c4ccccc4)no3)=C2C)cc1. The maximum atomic E-state index is 13.4. The summed E-state index contributed by atoms with van der Waals surface area (Å²) >= 11 is 0. The van der Waals surface area contributed by atoms with Gasteiger partial charge in [-0.3, -0.25) is 4.90 Å². The van der Waals surface area contributed by atoms with Crippen LogP contribution in [0.3, 0.4) is 0 Å². The third-order valence-electron chi connectivity index (χ3n) is 6.65. The van der Waals surface area contributed by atoms with E-state index in [4.69, 9.17) is 14.2 Å². The number of methoxy groups -OCH3 is 1. The smallest absolute Gasteiger partial charge is 0.322 e. The Morgan fingerprint density at radius 1 is 0.972 bits per heavy atom. The van der Waals surface area contributed by atoms with Crippen LogP contribution >= 0.6 is 0 Å². The van der Waals surface area contributed by atoms with Gasteiger partial charge in [0.25, 0.3) is 5.89 Å². The van der Waals surface area contributed by atoms with Crippen LogP contribution < -0.4 is 10.1 Å². The molecule has 5 rings (SSSR count). The summed E-state index contributed by atoms with van der Waals surface area (Å²) in [7, 11) is 1.63. The zero-order valence-corrected chi connectivity index (χ0v) is 20.8. The number of nitrogens with zero attached hydrogens (tertiary/aromatic N) is 3. The highest BCUT2D eigenvalue weighted by Gasteiger charge is 2.36. The first-order valence-corrected chi connectivity index (χ1v) is 11.8. The maximum absolute atomic E-state index is 13.4. The van der Waals surface area contributed by atoms with E-state index in [0.717, 1.165) is 39.3 Å². The van der Waals surface area contributed by atoms with E-state index in [1.165, 1.54) is 5.56 Å². The molecule has 1 aliphatic rings. The number of carbonyl (C=O) groups is 1. The van der Waals surface area contributed by atoms with E-state index in [1.54, 1.807) is 12.0 Å². The lowest BCUT2D eigenvalue weighted by atomic mass is 9.92. The van der Waals surface area contributed by atoms with Gasteiger partial charge in [-0.05, 0) is 55.2 Å². The third kappa shape index (κ3) is 4.47. The van der Waals surface area contributed by atoms with E-state index in [0.29, 0.717) is 18.3 Å². The minimum absolute atomic E-state index is 0.182. The van der Waals surface area contributed by atoms with Gasteiger partial charge in [0, 0.05) is 11.3 Å². The lowest BCUT2D eigenvalue weighted by Crippen LogP contribution is -2.45. The Hall–Kier alpha value is -4.39. The first-order valence-electron chi connectivity index (χ1n) is 11.8. The fraction of sp³-hybridized carbons (Fsp3) is 0.207. The molecule has 0 saturated heterocycles. The maximum Gasteiger partial charge on any atom is 0.322 e. The monoisotopic (exact) mass is 480 g/mol. The summed E-state index contributed by atoms with van der Waals surface area (Å²) in [5.74, 6) is 1.65. The van der Waals surface area contributed by atoms with E-state index in [1.807, 2.05) is 67.6 Å². The van der Waals surface area contributed by atoms with E-state index in [9.17, 15) is 4.79 Å². The number of hydrogen-bond acceptors (Lipinski definition) is 5.